The van der Waals surface area contributed by atoms with Crippen LogP contribution in [0.2, 0.25) is 0 Å². The summed E-state index contributed by atoms with van der Waals surface area (Å²) in [6.07, 6.45) is 3.56. The molecule has 0 saturated heterocycles. The second-order valence-electron chi connectivity index (χ2n) is 8.16. The molecule has 0 saturated carbocycles. The van der Waals surface area contributed by atoms with Crippen molar-refractivity contribution in [1.29, 1.82) is 0 Å². The molecule has 140 valence electrons. The fourth-order valence-corrected chi connectivity index (χ4v) is 3.83. The molecule has 1 amide bonds. The van der Waals surface area contributed by atoms with Gasteiger partial charge >= 0.3 is 0 Å². The number of nitrogens with one attached hydrogen (secondary N) is 1. The predicted molar refractivity (Wildman–Crippen MR) is 96.9 cm³/mol. The van der Waals surface area contributed by atoms with Crippen molar-refractivity contribution < 1.29 is 19.1 Å². The zero-order valence-corrected chi connectivity index (χ0v) is 16.1. The van der Waals surface area contributed by atoms with Crippen LogP contribution in [-0.4, -0.2) is 29.9 Å². The molecule has 0 unspecified atom stereocenters. The van der Waals surface area contributed by atoms with Gasteiger partial charge in [0.25, 0.3) is 5.91 Å². The average molecular weight is 349 g/mol. The van der Waals surface area contributed by atoms with Crippen molar-refractivity contribution in [3.8, 4) is 0 Å². The van der Waals surface area contributed by atoms with Gasteiger partial charge in [-0.25, -0.2) is 0 Å². The van der Waals surface area contributed by atoms with E-state index in [1.165, 1.54) is 0 Å². The molecule has 0 aliphatic heterocycles. The highest BCUT2D eigenvalue weighted by Gasteiger charge is 2.37. The SMILES string of the molecule is CCC(CC)(CCO)CNC(=O)c1oc2c(c1C)C(=O)CC(C)(C)C2. The van der Waals surface area contributed by atoms with E-state index >= 15 is 0 Å². The Hall–Kier alpha value is -1.62. The normalized spacial score (nSPS) is 16.6. The molecule has 2 rings (SSSR count). The number of furan rings is 1. The van der Waals surface area contributed by atoms with E-state index in [1.807, 2.05) is 13.8 Å². The Morgan fingerprint density at radius 1 is 1.28 bits per heavy atom. The molecule has 0 aromatic carbocycles. The quantitative estimate of drug-likeness (QED) is 0.787. The van der Waals surface area contributed by atoms with Gasteiger partial charge in [-0.3, -0.25) is 9.59 Å². The van der Waals surface area contributed by atoms with E-state index in [0.717, 1.165) is 12.8 Å². The first-order chi connectivity index (χ1) is 11.7. The van der Waals surface area contributed by atoms with Gasteiger partial charge in [-0.15, -0.1) is 0 Å². The van der Waals surface area contributed by atoms with Gasteiger partial charge < -0.3 is 14.8 Å². The second kappa shape index (κ2) is 7.32. The van der Waals surface area contributed by atoms with Crippen LogP contribution in [0.4, 0.5) is 0 Å². The summed E-state index contributed by atoms with van der Waals surface area (Å²) in [5, 5.41) is 12.3. The molecule has 2 N–H and O–H groups in total. The molecule has 0 atom stereocenters. The summed E-state index contributed by atoms with van der Waals surface area (Å²) in [4.78, 5) is 25.1. The third-order valence-corrected chi connectivity index (χ3v) is 5.75. The largest absolute Gasteiger partial charge is 0.455 e. The maximum Gasteiger partial charge on any atom is 0.287 e. The Labute approximate surface area is 150 Å². The first kappa shape index (κ1) is 19.7. The van der Waals surface area contributed by atoms with E-state index in [4.69, 9.17) is 4.42 Å². The van der Waals surface area contributed by atoms with Gasteiger partial charge in [0.05, 0.1) is 5.56 Å². The zero-order valence-electron chi connectivity index (χ0n) is 16.1. The number of rotatable bonds is 7. The van der Waals surface area contributed by atoms with E-state index in [2.05, 4.69) is 19.2 Å². The minimum absolute atomic E-state index is 0.0586. The van der Waals surface area contributed by atoms with Gasteiger partial charge in [-0.1, -0.05) is 27.7 Å². The molecule has 0 radical (unpaired) electrons. The molecular formula is C20H31NO4. The van der Waals surface area contributed by atoms with E-state index < -0.39 is 0 Å². The van der Waals surface area contributed by atoms with Crippen molar-refractivity contribution in [3.05, 3.63) is 22.6 Å². The van der Waals surface area contributed by atoms with Crippen LogP contribution in [0, 0.1) is 17.8 Å². The van der Waals surface area contributed by atoms with Gasteiger partial charge in [0.2, 0.25) is 0 Å². The number of Topliss-reactive ketones (excluding diaryl/α,β-unsaturated/α-hetero) is 1. The number of hydrogen-bond acceptors (Lipinski definition) is 4. The lowest BCUT2D eigenvalue weighted by molar-refractivity contribution is 0.0865. The summed E-state index contributed by atoms with van der Waals surface area (Å²) < 4.78 is 5.81. The molecular weight excluding hydrogens is 318 g/mol. The molecule has 1 aromatic rings. The van der Waals surface area contributed by atoms with Crippen LogP contribution in [0.15, 0.2) is 4.42 Å². The molecule has 1 aliphatic rings. The smallest absolute Gasteiger partial charge is 0.287 e. The van der Waals surface area contributed by atoms with Gasteiger partial charge in [-0.2, -0.15) is 0 Å². The number of amides is 1. The summed E-state index contributed by atoms with van der Waals surface area (Å²) in [5.74, 6) is 0.669. The summed E-state index contributed by atoms with van der Waals surface area (Å²) >= 11 is 0. The van der Waals surface area contributed by atoms with Crippen molar-refractivity contribution in [1.82, 2.24) is 5.32 Å². The highest BCUT2D eigenvalue weighted by atomic mass is 16.4. The first-order valence-corrected chi connectivity index (χ1v) is 9.23. The third-order valence-electron chi connectivity index (χ3n) is 5.75. The van der Waals surface area contributed by atoms with Gasteiger partial charge in [0.15, 0.2) is 11.5 Å². The Morgan fingerprint density at radius 3 is 2.48 bits per heavy atom. The fraction of sp³-hybridized carbons (Fsp3) is 0.700. The molecule has 0 fully saturated rings. The van der Waals surface area contributed by atoms with Crippen molar-refractivity contribution in [2.75, 3.05) is 13.2 Å². The van der Waals surface area contributed by atoms with Crippen molar-refractivity contribution >= 4 is 11.7 Å². The molecule has 0 bridgehead atoms. The summed E-state index contributed by atoms with van der Waals surface area (Å²) in [5.41, 5.74) is 0.997. The third kappa shape index (κ3) is 3.97. The van der Waals surface area contributed by atoms with Crippen LogP contribution >= 0.6 is 0 Å². The van der Waals surface area contributed by atoms with Crippen LogP contribution in [0.3, 0.4) is 0 Å². The van der Waals surface area contributed by atoms with Crippen molar-refractivity contribution in [2.24, 2.45) is 10.8 Å². The van der Waals surface area contributed by atoms with Crippen molar-refractivity contribution in [2.45, 2.75) is 66.7 Å². The summed E-state index contributed by atoms with van der Waals surface area (Å²) in [7, 11) is 0. The Morgan fingerprint density at radius 2 is 1.92 bits per heavy atom. The van der Waals surface area contributed by atoms with Crippen LogP contribution in [-0.2, 0) is 6.42 Å². The van der Waals surface area contributed by atoms with Crippen LogP contribution in [0.5, 0.6) is 0 Å². The number of carbonyl (C=O) groups is 2. The zero-order chi connectivity index (χ0) is 18.8. The Balaban J connectivity index is 2.20. The lowest BCUT2D eigenvalue weighted by atomic mass is 9.76. The number of aliphatic hydroxyl groups is 1. The Kier molecular flexibility index (Phi) is 5.77. The number of carbonyl (C=O) groups excluding carboxylic acids is 2. The standard InChI is InChI=1S/C20H31NO4/c1-6-20(7-2,8-9-22)12-21-18(24)17-13(3)16-14(23)10-19(4,5)11-15(16)25-17/h22H,6-12H2,1-5H3,(H,21,24). The van der Waals surface area contributed by atoms with Gasteiger partial charge in [0, 0.05) is 31.6 Å². The summed E-state index contributed by atoms with van der Waals surface area (Å²) in [6, 6.07) is 0. The topological polar surface area (TPSA) is 79.5 Å². The van der Waals surface area contributed by atoms with Crippen LogP contribution in [0.1, 0.15) is 85.6 Å². The Bertz CT molecular complexity index is 653. The van der Waals surface area contributed by atoms with Gasteiger partial charge in [0.1, 0.15) is 5.76 Å². The van der Waals surface area contributed by atoms with Crippen LogP contribution in [0.25, 0.3) is 0 Å². The van der Waals surface area contributed by atoms with Gasteiger partial charge in [-0.05, 0) is 37.0 Å². The second-order valence-corrected chi connectivity index (χ2v) is 8.16. The molecule has 1 aromatic heterocycles. The van der Waals surface area contributed by atoms with E-state index in [-0.39, 0.29) is 34.9 Å². The number of aliphatic hydroxyl groups excluding tert-OH is 1. The molecule has 1 aliphatic carbocycles. The minimum Gasteiger partial charge on any atom is -0.455 e. The maximum atomic E-state index is 12.7. The number of fused-ring (bicyclic) bond motifs is 1. The van der Waals surface area contributed by atoms with Crippen LogP contribution < -0.4 is 5.32 Å². The molecule has 5 heteroatoms. The summed E-state index contributed by atoms with van der Waals surface area (Å²) in [6.45, 7) is 10.6. The lowest BCUT2D eigenvalue weighted by Gasteiger charge is -2.31. The number of ketones is 1. The molecule has 25 heavy (non-hydrogen) atoms. The highest BCUT2D eigenvalue weighted by Crippen LogP contribution is 2.38. The lowest BCUT2D eigenvalue weighted by Crippen LogP contribution is -2.37. The molecule has 1 heterocycles. The molecule has 0 spiro atoms. The number of hydrogen-bond donors (Lipinski definition) is 2. The minimum atomic E-state index is -0.276. The van der Waals surface area contributed by atoms with E-state index in [1.54, 1.807) is 6.92 Å². The average Bonchev–Trinajstić information content (AvgIpc) is 2.86. The van der Waals surface area contributed by atoms with E-state index in [0.29, 0.717) is 42.7 Å². The predicted octanol–water partition coefficient (Wildman–Crippen LogP) is 3.66. The maximum absolute atomic E-state index is 12.7. The highest BCUT2D eigenvalue weighted by molar-refractivity contribution is 6.03. The monoisotopic (exact) mass is 349 g/mol. The van der Waals surface area contributed by atoms with E-state index in [9.17, 15) is 14.7 Å². The first-order valence-electron chi connectivity index (χ1n) is 9.23. The van der Waals surface area contributed by atoms with Crippen molar-refractivity contribution in [3.63, 3.8) is 0 Å². The molecule has 5 nitrogen and oxygen atoms in total. The fourth-order valence-electron chi connectivity index (χ4n) is 3.83.